The lowest BCUT2D eigenvalue weighted by atomic mass is 10.0. The molecule has 10 heteroatoms. The van der Waals surface area contributed by atoms with Gasteiger partial charge in [-0.05, 0) is 42.5 Å². The normalized spacial score (nSPS) is 10.5. The van der Waals surface area contributed by atoms with Gasteiger partial charge in [0.1, 0.15) is 0 Å². The highest BCUT2D eigenvalue weighted by Gasteiger charge is 2.20. The molecule has 0 unspecified atom stereocenters. The number of methoxy groups -OCH3 is 2. The molecule has 4 aromatic rings. The summed E-state index contributed by atoms with van der Waals surface area (Å²) in [5.74, 6) is -2.84. The zero-order chi connectivity index (χ0) is 27.2. The number of rotatable bonds is 7. The van der Waals surface area contributed by atoms with Gasteiger partial charge in [-0.2, -0.15) is 0 Å². The van der Waals surface area contributed by atoms with Crippen LogP contribution in [0.1, 0.15) is 31.1 Å². The summed E-state index contributed by atoms with van der Waals surface area (Å²) >= 11 is 3.40. The van der Waals surface area contributed by atoms with Crippen LogP contribution in [0.2, 0.25) is 0 Å². The van der Waals surface area contributed by atoms with Gasteiger partial charge in [0, 0.05) is 15.4 Å². The zero-order valence-corrected chi connectivity index (χ0v) is 21.9. The fraction of sp³-hybridized carbons (Fsp3) is 0.107. The monoisotopic (exact) mass is 576 g/mol. The molecule has 0 radical (unpaired) electrons. The van der Waals surface area contributed by atoms with E-state index in [2.05, 4.69) is 31.0 Å². The third-order valence-electron chi connectivity index (χ3n) is 5.53. The number of esters is 3. The summed E-state index contributed by atoms with van der Waals surface area (Å²) in [5.41, 5.74) is 2.32. The summed E-state index contributed by atoms with van der Waals surface area (Å²) in [5, 5.41) is 3.06. The minimum Gasteiger partial charge on any atom is -0.465 e. The molecule has 1 N–H and O–H groups in total. The van der Waals surface area contributed by atoms with Gasteiger partial charge in [0.15, 0.2) is 6.61 Å². The highest BCUT2D eigenvalue weighted by Crippen LogP contribution is 2.27. The van der Waals surface area contributed by atoms with Crippen LogP contribution in [-0.4, -0.2) is 49.6 Å². The topological polar surface area (TPSA) is 121 Å². The van der Waals surface area contributed by atoms with Crippen molar-refractivity contribution in [2.75, 3.05) is 26.1 Å². The largest absolute Gasteiger partial charge is 0.465 e. The summed E-state index contributed by atoms with van der Waals surface area (Å²) in [7, 11) is 2.39. The van der Waals surface area contributed by atoms with Crippen LogP contribution in [-0.2, 0) is 19.0 Å². The summed E-state index contributed by atoms with van der Waals surface area (Å²) in [4.78, 5) is 54.4. The number of benzene rings is 3. The molecule has 0 aliphatic carbocycles. The Hall–Kier alpha value is -4.57. The van der Waals surface area contributed by atoms with E-state index in [1.807, 2.05) is 30.3 Å². The lowest BCUT2D eigenvalue weighted by Gasteiger charge is -2.12. The smallest absolute Gasteiger partial charge is 0.339 e. The van der Waals surface area contributed by atoms with Crippen molar-refractivity contribution < 1.29 is 33.4 Å². The Balaban J connectivity index is 1.56. The van der Waals surface area contributed by atoms with Crippen molar-refractivity contribution >= 4 is 56.3 Å². The first-order valence-corrected chi connectivity index (χ1v) is 12.0. The molecular formula is C28H21BrN2O7. The van der Waals surface area contributed by atoms with Crippen LogP contribution in [0.4, 0.5) is 5.69 Å². The number of anilines is 1. The fourth-order valence-corrected chi connectivity index (χ4v) is 3.95. The van der Waals surface area contributed by atoms with Crippen LogP contribution in [0.25, 0.3) is 22.2 Å². The quantitative estimate of drug-likeness (QED) is 0.240. The van der Waals surface area contributed by atoms with Crippen LogP contribution in [0.15, 0.2) is 77.3 Å². The van der Waals surface area contributed by atoms with E-state index in [1.165, 1.54) is 32.4 Å². The predicted molar refractivity (Wildman–Crippen MR) is 143 cm³/mol. The number of amides is 1. The second-order valence-corrected chi connectivity index (χ2v) is 8.86. The van der Waals surface area contributed by atoms with Crippen molar-refractivity contribution in [2.24, 2.45) is 0 Å². The van der Waals surface area contributed by atoms with Gasteiger partial charge in [-0.1, -0.05) is 46.3 Å². The zero-order valence-electron chi connectivity index (χ0n) is 20.3. The van der Waals surface area contributed by atoms with E-state index >= 15 is 0 Å². The van der Waals surface area contributed by atoms with E-state index in [9.17, 15) is 19.2 Å². The first-order chi connectivity index (χ1) is 18.3. The lowest BCUT2D eigenvalue weighted by Crippen LogP contribution is -2.23. The van der Waals surface area contributed by atoms with Gasteiger partial charge in [-0.3, -0.25) is 4.79 Å². The lowest BCUT2D eigenvalue weighted by molar-refractivity contribution is -0.119. The Morgan fingerprint density at radius 1 is 0.816 bits per heavy atom. The second-order valence-electron chi connectivity index (χ2n) is 7.95. The minimum absolute atomic E-state index is 0.00712. The predicted octanol–water partition coefficient (Wildman–Crippen LogP) is 5.03. The van der Waals surface area contributed by atoms with E-state index < -0.39 is 30.4 Å². The average molecular weight is 577 g/mol. The maximum atomic E-state index is 13.1. The number of carbonyl (C=O) groups is 4. The van der Waals surface area contributed by atoms with Gasteiger partial charge in [-0.25, -0.2) is 19.4 Å². The van der Waals surface area contributed by atoms with Crippen LogP contribution < -0.4 is 5.32 Å². The molecule has 0 saturated carbocycles. The molecule has 0 bridgehead atoms. The minimum atomic E-state index is -0.728. The number of para-hydroxylation sites is 1. The van der Waals surface area contributed by atoms with Gasteiger partial charge >= 0.3 is 17.9 Å². The molecule has 9 nitrogen and oxygen atoms in total. The molecule has 0 fully saturated rings. The maximum Gasteiger partial charge on any atom is 0.339 e. The van der Waals surface area contributed by atoms with Crippen molar-refractivity contribution in [1.29, 1.82) is 0 Å². The highest BCUT2D eigenvalue weighted by atomic mass is 79.9. The first kappa shape index (κ1) is 26.5. The summed E-state index contributed by atoms with van der Waals surface area (Å²) in [6.45, 7) is -0.647. The number of halogens is 1. The van der Waals surface area contributed by atoms with Crippen LogP contribution in [0, 0.1) is 0 Å². The molecule has 1 aromatic heterocycles. The number of pyridine rings is 1. The number of carbonyl (C=O) groups excluding carboxylic acids is 4. The third-order valence-corrected chi connectivity index (χ3v) is 6.06. The average Bonchev–Trinajstić information content (AvgIpc) is 2.94. The van der Waals surface area contributed by atoms with Gasteiger partial charge in [0.25, 0.3) is 5.91 Å². The van der Waals surface area contributed by atoms with Gasteiger partial charge in [0.2, 0.25) is 0 Å². The Kier molecular flexibility index (Phi) is 8.12. The van der Waals surface area contributed by atoms with E-state index in [0.29, 0.717) is 16.6 Å². The number of nitrogens with one attached hydrogen (secondary N) is 1. The molecule has 0 atom stereocenters. The van der Waals surface area contributed by atoms with Crippen molar-refractivity contribution in [3.05, 3.63) is 94.0 Å². The summed E-state index contributed by atoms with van der Waals surface area (Å²) < 4.78 is 15.6. The fourth-order valence-electron chi connectivity index (χ4n) is 3.69. The summed E-state index contributed by atoms with van der Waals surface area (Å²) in [6.07, 6.45) is 0. The molecule has 0 spiro atoms. The van der Waals surface area contributed by atoms with Crippen LogP contribution in [0.3, 0.4) is 0 Å². The first-order valence-electron chi connectivity index (χ1n) is 11.2. The number of hydrogen-bond acceptors (Lipinski definition) is 8. The molecule has 0 aliphatic heterocycles. The molecule has 0 aliphatic rings. The van der Waals surface area contributed by atoms with Crippen molar-refractivity contribution in [3.63, 3.8) is 0 Å². The van der Waals surface area contributed by atoms with Gasteiger partial charge in [0.05, 0.1) is 47.8 Å². The highest BCUT2D eigenvalue weighted by molar-refractivity contribution is 9.10. The van der Waals surface area contributed by atoms with E-state index in [1.54, 1.807) is 24.3 Å². The third kappa shape index (κ3) is 5.87. The van der Waals surface area contributed by atoms with Crippen molar-refractivity contribution in [1.82, 2.24) is 4.98 Å². The Labute approximate surface area is 225 Å². The van der Waals surface area contributed by atoms with Crippen LogP contribution >= 0.6 is 15.9 Å². The number of aromatic nitrogens is 1. The number of fused-ring (bicyclic) bond motifs is 1. The van der Waals surface area contributed by atoms with E-state index in [-0.39, 0.29) is 22.4 Å². The molecule has 0 saturated heterocycles. The molecular weight excluding hydrogens is 556 g/mol. The van der Waals surface area contributed by atoms with E-state index in [0.717, 1.165) is 10.0 Å². The van der Waals surface area contributed by atoms with Gasteiger partial charge in [-0.15, -0.1) is 0 Å². The molecule has 4 rings (SSSR count). The van der Waals surface area contributed by atoms with Crippen molar-refractivity contribution in [3.8, 4) is 11.3 Å². The molecule has 192 valence electrons. The molecule has 3 aromatic carbocycles. The van der Waals surface area contributed by atoms with E-state index in [4.69, 9.17) is 9.47 Å². The molecule has 38 heavy (non-hydrogen) atoms. The second kappa shape index (κ2) is 11.7. The Morgan fingerprint density at radius 2 is 1.53 bits per heavy atom. The maximum absolute atomic E-state index is 13.1. The SMILES string of the molecule is COC(=O)c1ccc(C(=O)OC)c(NC(=O)COC(=O)c2cc(-c3ccc(Br)cc3)nc3ccccc23)c1. The molecule has 1 amide bonds. The Morgan fingerprint density at radius 3 is 2.24 bits per heavy atom. The molecule has 1 heterocycles. The van der Waals surface area contributed by atoms with Gasteiger partial charge < -0.3 is 19.5 Å². The standard InChI is InChI=1S/C28H21BrN2O7/c1-36-26(33)17-9-12-20(27(34)37-2)24(13-17)31-25(32)15-38-28(35)21-14-23(16-7-10-18(29)11-8-16)30-22-6-4-3-5-19(21)22/h3-14H,15H2,1-2H3,(H,31,32). The number of hydrogen-bond donors (Lipinski definition) is 1. The van der Waals surface area contributed by atoms with Crippen LogP contribution in [0.5, 0.6) is 0 Å². The van der Waals surface area contributed by atoms with Crippen molar-refractivity contribution in [2.45, 2.75) is 0 Å². The number of ether oxygens (including phenoxy) is 3. The summed E-state index contributed by atoms with van der Waals surface area (Å²) in [6, 6.07) is 20.2. The number of nitrogens with zero attached hydrogens (tertiary/aromatic N) is 1. The Bertz CT molecular complexity index is 1550.